The van der Waals surface area contributed by atoms with Gasteiger partial charge in [0.05, 0.1) is 28.5 Å². The fourth-order valence-corrected chi connectivity index (χ4v) is 3.63. The minimum atomic E-state index is -3.52. The molecule has 0 amide bonds. The summed E-state index contributed by atoms with van der Waals surface area (Å²) in [6.45, 7) is 1.90. The molecule has 0 bridgehead atoms. The van der Waals surface area contributed by atoms with Crippen LogP contribution in [0.4, 0.5) is 5.69 Å². The summed E-state index contributed by atoms with van der Waals surface area (Å²) in [6, 6.07) is 9.75. The van der Waals surface area contributed by atoms with Gasteiger partial charge in [-0.15, -0.1) is 0 Å². The molecule has 6 heteroatoms. The van der Waals surface area contributed by atoms with Crippen molar-refractivity contribution in [2.45, 2.75) is 17.6 Å². The minimum Gasteiger partial charge on any atom is -0.496 e. The first kappa shape index (κ1) is 15.7. The van der Waals surface area contributed by atoms with Crippen LogP contribution in [0.3, 0.4) is 0 Å². The third-order valence-corrected chi connectivity index (χ3v) is 5.10. The molecule has 4 nitrogen and oxygen atoms in total. The van der Waals surface area contributed by atoms with Crippen molar-refractivity contribution in [1.29, 1.82) is 0 Å². The Balaban J connectivity index is 2.41. The lowest BCUT2D eigenvalue weighted by atomic mass is 10.1. The summed E-state index contributed by atoms with van der Waals surface area (Å²) in [5.74, 6) is 0.392. The maximum absolute atomic E-state index is 12.5. The monoisotopic (exact) mass is 325 g/mol. The Morgan fingerprint density at radius 1 is 1.19 bits per heavy atom. The molecule has 0 spiro atoms. The number of sulfone groups is 1. The van der Waals surface area contributed by atoms with Crippen LogP contribution in [-0.4, -0.2) is 15.5 Å². The van der Waals surface area contributed by atoms with E-state index >= 15 is 0 Å². The van der Waals surface area contributed by atoms with Crippen LogP contribution in [0, 0.1) is 6.92 Å². The van der Waals surface area contributed by atoms with Gasteiger partial charge in [-0.25, -0.2) is 8.42 Å². The van der Waals surface area contributed by atoms with Crippen LogP contribution in [0.5, 0.6) is 5.75 Å². The van der Waals surface area contributed by atoms with E-state index in [4.69, 9.17) is 22.1 Å². The second-order valence-corrected chi connectivity index (χ2v) is 7.15. The zero-order chi connectivity index (χ0) is 15.6. The largest absolute Gasteiger partial charge is 0.496 e. The number of ether oxygens (including phenoxy) is 1. The number of benzene rings is 2. The smallest absolute Gasteiger partial charge is 0.182 e. The lowest BCUT2D eigenvalue weighted by Crippen LogP contribution is -2.07. The molecule has 2 rings (SSSR count). The molecule has 21 heavy (non-hydrogen) atoms. The highest BCUT2D eigenvalue weighted by molar-refractivity contribution is 7.90. The number of hydrogen-bond donors (Lipinski definition) is 1. The summed E-state index contributed by atoms with van der Waals surface area (Å²) in [4.78, 5) is 0.144. The number of hydrogen-bond acceptors (Lipinski definition) is 4. The van der Waals surface area contributed by atoms with Gasteiger partial charge in [0.25, 0.3) is 0 Å². The van der Waals surface area contributed by atoms with E-state index in [2.05, 4.69) is 0 Å². The second-order valence-electron chi connectivity index (χ2n) is 4.76. The predicted molar refractivity (Wildman–Crippen MR) is 84.5 cm³/mol. The number of methoxy groups -OCH3 is 1. The molecular formula is C15H16ClNO3S. The topological polar surface area (TPSA) is 69.4 Å². The molecule has 2 aromatic rings. The minimum absolute atomic E-state index is 0.144. The molecule has 0 atom stereocenters. The number of nitrogens with two attached hydrogens (primary N) is 1. The molecule has 0 saturated heterocycles. The SMILES string of the molecule is COc1ccc(C)cc1CS(=O)(=O)c1ccc(N)c(Cl)c1. The summed E-state index contributed by atoms with van der Waals surface area (Å²) in [5, 5.41) is 0.229. The number of anilines is 1. The number of halogens is 1. The van der Waals surface area contributed by atoms with E-state index in [-0.39, 0.29) is 15.7 Å². The van der Waals surface area contributed by atoms with E-state index in [1.165, 1.54) is 25.3 Å². The highest BCUT2D eigenvalue weighted by atomic mass is 35.5. The van der Waals surface area contributed by atoms with Crippen molar-refractivity contribution in [2.24, 2.45) is 0 Å². The predicted octanol–water partition coefficient (Wildman–Crippen LogP) is 3.21. The van der Waals surface area contributed by atoms with Gasteiger partial charge in [0.2, 0.25) is 0 Å². The summed E-state index contributed by atoms with van der Waals surface area (Å²) in [5.41, 5.74) is 7.54. The molecule has 0 aliphatic heterocycles. The van der Waals surface area contributed by atoms with Crippen LogP contribution in [-0.2, 0) is 15.6 Å². The molecule has 2 aromatic carbocycles. The van der Waals surface area contributed by atoms with Gasteiger partial charge < -0.3 is 10.5 Å². The molecule has 0 aliphatic rings. The van der Waals surface area contributed by atoms with Crippen molar-refractivity contribution in [2.75, 3.05) is 12.8 Å². The van der Waals surface area contributed by atoms with Gasteiger partial charge in [-0.2, -0.15) is 0 Å². The van der Waals surface area contributed by atoms with E-state index in [0.717, 1.165) is 5.56 Å². The van der Waals surface area contributed by atoms with Gasteiger partial charge in [-0.3, -0.25) is 0 Å². The first-order valence-electron chi connectivity index (χ1n) is 6.25. The van der Waals surface area contributed by atoms with E-state index in [1.807, 2.05) is 13.0 Å². The Labute approximate surface area is 129 Å². The van der Waals surface area contributed by atoms with Crippen molar-refractivity contribution >= 4 is 27.1 Å². The Hall–Kier alpha value is -1.72. The van der Waals surface area contributed by atoms with E-state index < -0.39 is 9.84 Å². The molecule has 0 fully saturated rings. The molecule has 0 aromatic heterocycles. The highest BCUT2D eigenvalue weighted by Crippen LogP contribution is 2.28. The lowest BCUT2D eigenvalue weighted by molar-refractivity contribution is 0.411. The molecule has 0 aliphatic carbocycles. The summed E-state index contributed by atoms with van der Waals surface area (Å²) in [7, 11) is -2.01. The van der Waals surface area contributed by atoms with Crippen LogP contribution in [0.2, 0.25) is 5.02 Å². The fourth-order valence-electron chi connectivity index (χ4n) is 2.01. The summed E-state index contributed by atoms with van der Waals surface area (Å²) < 4.78 is 30.2. The van der Waals surface area contributed by atoms with Gasteiger partial charge in [0.1, 0.15) is 5.75 Å². The van der Waals surface area contributed by atoms with Crippen molar-refractivity contribution < 1.29 is 13.2 Å². The quantitative estimate of drug-likeness (QED) is 0.876. The normalized spacial score (nSPS) is 11.4. The zero-order valence-electron chi connectivity index (χ0n) is 11.8. The lowest BCUT2D eigenvalue weighted by Gasteiger charge is -2.11. The van der Waals surface area contributed by atoms with E-state index in [1.54, 1.807) is 12.1 Å². The Kier molecular flexibility index (Phi) is 4.44. The maximum Gasteiger partial charge on any atom is 0.182 e. The first-order chi connectivity index (χ1) is 9.83. The molecule has 0 radical (unpaired) electrons. The van der Waals surface area contributed by atoms with Gasteiger partial charge >= 0.3 is 0 Å². The summed E-state index contributed by atoms with van der Waals surface area (Å²) in [6.07, 6.45) is 0. The molecule has 112 valence electrons. The zero-order valence-corrected chi connectivity index (χ0v) is 13.3. The maximum atomic E-state index is 12.5. The second kappa shape index (κ2) is 5.95. The average molecular weight is 326 g/mol. The van der Waals surface area contributed by atoms with Crippen molar-refractivity contribution in [1.82, 2.24) is 0 Å². The van der Waals surface area contributed by atoms with E-state index in [0.29, 0.717) is 17.0 Å². The molecule has 0 saturated carbocycles. The van der Waals surface area contributed by atoms with Gasteiger partial charge in [0, 0.05) is 5.56 Å². The Morgan fingerprint density at radius 2 is 1.90 bits per heavy atom. The van der Waals surface area contributed by atoms with Gasteiger partial charge in [-0.1, -0.05) is 29.3 Å². The van der Waals surface area contributed by atoms with Crippen LogP contribution in [0.1, 0.15) is 11.1 Å². The van der Waals surface area contributed by atoms with Crippen molar-refractivity contribution in [3.8, 4) is 5.75 Å². The first-order valence-corrected chi connectivity index (χ1v) is 8.28. The molecule has 2 N–H and O–H groups in total. The Bertz CT molecular complexity index is 772. The van der Waals surface area contributed by atoms with Crippen LogP contribution in [0.15, 0.2) is 41.3 Å². The molecule has 0 heterocycles. The fraction of sp³-hybridized carbons (Fsp3) is 0.200. The number of aryl methyl sites for hydroxylation is 1. The highest BCUT2D eigenvalue weighted by Gasteiger charge is 2.19. The molecular weight excluding hydrogens is 310 g/mol. The van der Waals surface area contributed by atoms with Gasteiger partial charge in [0.15, 0.2) is 9.84 Å². The van der Waals surface area contributed by atoms with Crippen molar-refractivity contribution in [3.05, 3.63) is 52.5 Å². The number of rotatable bonds is 4. The third-order valence-electron chi connectivity index (χ3n) is 3.11. The van der Waals surface area contributed by atoms with E-state index in [9.17, 15) is 8.42 Å². The van der Waals surface area contributed by atoms with Gasteiger partial charge in [-0.05, 0) is 31.2 Å². The average Bonchev–Trinajstić information content (AvgIpc) is 2.41. The molecule has 0 unspecified atom stereocenters. The number of nitrogen functional groups attached to an aromatic ring is 1. The standard InChI is InChI=1S/C15H16ClNO3S/c1-10-3-6-15(20-2)11(7-10)9-21(18,19)12-4-5-14(17)13(16)8-12/h3-8H,9,17H2,1-2H3. The van der Waals surface area contributed by atoms with Crippen LogP contribution < -0.4 is 10.5 Å². The third kappa shape index (κ3) is 3.49. The van der Waals surface area contributed by atoms with Crippen molar-refractivity contribution in [3.63, 3.8) is 0 Å². The summed E-state index contributed by atoms with van der Waals surface area (Å²) >= 11 is 5.89. The Morgan fingerprint density at radius 3 is 2.52 bits per heavy atom. The van der Waals surface area contributed by atoms with Crippen LogP contribution in [0.25, 0.3) is 0 Å². The van der Waals surface area contributed by atoms with Crippen LogP contribution >= 0.6 is 11.6 Å².